The maximum atomic E-state index is 12.4. The minimum atomic E-state index is 0.0300. The number of ether oxygens (including phenoxy) is 1. The fraction of sp³-hybridized carbons (Fsp3) is 0.278. The van der Waals surface area contributed by atoms with E-state index in [1.165, 1.54) is 0 Å². The Labute approximate surface area is 126 Å². The van der Waals surface area contributed by atoms with Gasteiger partial charge in [-0.15, -0.1) is 0 Å². The molecule has 0 heterocycles. The summed E-state index contributed by atoms with van der Waals surface area (Å²) in [5.74, 6) is 0.832. The minimum absolute atomic E-state index is 0.0300. The quantitative estimate of drug-likeness (QED) is 0.756. The van der Waals surface area contributed by atoms with E-state index in [1.807, 2.05) is 67.5 Å². The van der Waals surface area contributed by atoms with Crippen LogP contribution in [-0.4, -0.2) is 26.5 Å². The van der Waals surface area contributed by atoms with E-state index < -0.39 is 0 Å². The van der Waals surface area contributed by atoms with Gasteiger partial charge in [-0.2, -0.15) is 0 Å². The van der Waals surface area contributed by atoms with Crippen LogP contribution in [-0.2, 0) is 0 Å². The zero-order valence-corrected chi connectivity index (χ0v) is 12.8. The third kappa shape index (κ3) is 3.85. The zero-order valence-electron chi connectivity index (χ0n) is 12.8. The topological polar surface area (TPSA) is 29.5 Å². The molecule has 3 nitrogen and oxygen atoms in total. The first-order chi connectivity index (χ1) is 10.1. The number of ketones is 1. The third-order valence-corrected chi connectivity index (χ3v) is 3.24. The molecule has 0 bridgehead atoms. The maximum Gasteiger partial charge on any atom is 0.193 e. The van der Waals surface area contributed by atoms with Crippen LogP contribution >= 0.6 is 0 Å². The lowest BCUT2D eigenvalue weighted by Crippen LogP contribution is -2.09. The molecule has 0 spiro atoms. The number of benzene rings is 2. The Bertz CT molecular complexity index is 586. The van der Waals surface area contributed by atoms with Crippen LogP contribution in [0.25, 0.3) is 0 Å². The summed E-state index contributed by atoms with van der Waals surface area (Å²) < 4.78 is 5.52. The van der Waals surface area contributed by atoms with Gasteiger partial charge in [0.05, 0.1) is 6.61 Å². The van der Waals surface area contributed by atoms with Gasteiger partial charge in [-0.1, -0.05) is 6.92 Å². The van der Waals surface area contributed by atoms with Crippen LogP contribution in [0.15, 0.2) is 48.5 Å². The van der Waals surface area contributed by atoms with E-state index in [0.717, 1.165) is 17.9 Å². The lowest BCUT2D eigenvalue weighted by Gasteiger charge is -2.12. The lowest BCUT2D eigenvalue weighted by atomic mass is 10.0. The highest BCUT2D eigenvalue weighted by Gasteiger charge is 2.09. The second-order valence-corrected chi connectivity index (χ2v) is 5.14. The first-order valence-corrected chi connectivity index (χ1v) is 7.16. The van der Waals surface area contributed by atoms with Crippen molar-refractivity contribution >= 4 is 11.5 Å². The summed E-state index contributed by atoms with van der Waals surface area (Å²) in [6.07, 6.45) is 0.971. The molecule has 2 aromatic carbocycles. The number of rotatable bonds is 6. The summed E-state index contributed by atoms with van der Waals surface area (Å²) >= 11 is 0. The van der Waals surface area contributed by atoms with Crippen LogP contribution in [0, 0.1) is 0 Å². The van der Waals surface area contributed by atoms with Crippen LogP contribution in [0.5, 0.6) is 5.75 Å². The Morgan fingerprint density at radius 1 is 0.952 bits per heavy atom. The van der Waals surface area contributed by atoms with Crippen molar-refractivity contribution in [3.05, 3.63) is 59.7 Å². The molecule has 21 heavy (non-hydrogen) atoms. The van der Waals surface area contributed by atoms with Crippen LogP contribution in [0.4, 0.5) is 5.69 Å². The Balaban J connectivity index is 2.12. The van der Waals surface area contributed by atoms with Crippen molar-refractivity contribution in [1.29, 1.82) is 0 Å². The minimum Gasteiger partial charge on any atom is -0.494 e. The molecule has 0 unspecified atom stereocenters. The first-order valence-electron chi connectivity index (χ1n) is 7.16. The summed E-state index contributed by atoms with van der Waals surface area (Å²) in [4.78, 5) is 14.4. The largest absolute Gasteiger partial charge is 0.494 e. The Morgan fingerprint density at radius 3 is 1.95 bits per heavy atom. The van der Waals surface area contributed by atoms with Gasteiger partial charge < -0.3 is 9.64 Å². The number of anilines is 1. The Hall–Kier alpha value is -2.29. The number of hydrogen-bond donors (Lipinski definition) is 0. The smallest absolute Gasteiger partial charge is 0.193 e. The van der Waals surface area contributed by atoms with Gasteiger partial charge in [0.1, 0.15) is 5.75 Å². The van der Waals surface area contributed by atoms with E-state index in [2.05, 4.69) is 6.92 Å². The molecule has 3 heteroatoms. The Morgan fingerprint density at radius 2 is 1.48 bits per heavy atom. The van der Waals surface area contributed by atoms with E-state index in [9.17, 15) is 4.79 Å². The SMILES string of the molecule is CCCOc1ccc(C(=O)c2ccc(N(C)C)cc2)cc1. The molecule has 0 aliphatic carbocycles. The van der Waals surface area contributed by atoms with Gasteiger partial charge in [0.25, 0.3) is 0 Å². The average Bonchev–Trinajstić information content (AvgIpc) is 2.53. The van der Waals surface area contributed by atoms with Gasteiger partial charge in [-0.25, -0.2) is 0 Å². The van der Waals surface area contributed by atoms with Crippen LogP contribution in [0.3, 0.4) is 0 Å². The van der Waals surface area contributed by atoms with E-state index in [-0.39, 0.29) is 5.78 Å². The van der Waals surface area contributed by atoms with Crippen molar-refractivity contribution in [2.75, 3.05) is 25.6 Å². The van der Waals surface area contributed by atoms with E-state index >= 15 is 0 Å². The highest BCUT2D eigenvalue weighted by Crippen LogP contribution is 2.18. The summed E-state index contributed by atoms with van der Waals surface area (Å²) in [6, 6.07) is 14.9. The second-order valence-electron chi connectivity index (χ2n) is 5.14. The normalized spacial score (nSPS) is 10.2. The molecule has 2 rings (SSSR count). The van der Waals surface area contributed by atoms with Gasteiger partial charge in [0, 0.05) is 30.9 Å². The zero-order chi connectivity index (χ0) is 15.2. The van der Waals surface area contributed by atoms with Crippen molar-refractivity contribution in [2.45, 2.75) is 13.3 Å². The summed E-state index contributed by atoms with van der Waals surface area (Å²) in [6.45, 7) is 2.76. The molecule has 0 atom stereocenters. The van der Waals surface area contributed by atoms with E-state index in [1.54, 1.807) is 0 Å². The number of hydrogen-bond acceptors (Lipinski definition) is 3. The molecular weight excluding hydrogens is 262 g/mol. The number of carbonyl (C=O) groups is 1. The molecule has 0 aliphatic rings. The molecule has 0 saturated carbocycles. The van der Waals surface area contributed by atoms with Gasteiger partial charge >= 0.3 is 0 Å². The van der Waals surface area contributed by atoms with Crippen LogP contribution in [0.1, 0.15) is 29.3 Å². The van der Waals surface area contributed by atoms with Gasteiger partial charge in [-0.3, -0.25) is 4.79 Å². The molecule has 0 radical (unpaired) electrons. The molecule has 0 fully saturated rings. The van der Waals surface area contributed by atoms with Gasteiger partial charge in [-0.05, 0) is 55.0 Å². The van der Waals surface area contributed by atoms with Gasteiger partial charge in [0.2, 0.25) is 0 Å². The highest BCUT2D eigenvalue weighted by atomic mass is 16.5. The fourth-order valence-corrected chi connectivity index (χ4v) is 2.00. The molecule has 0 aliphatic heterocycles. The van der Waals surface area contributed by atoms with Crippen molar-refractivity contribution in [1.82, 2.24) is 0 Å². The number of nitrogens with zero attached hydrogens (tertiary/aromatic N) is 1. The predicted molar refractivity (Wildman–Crippen MR) is 86.4 cm³/mol. The molecule has 0 N–H and O–H groups in total. The van der Waals surface area contributed by atoms with E-state index in [0.29, 0.717) is 17.7 Å². The van der Waals surface area contributed by atoms with Gasteiger partial charge in [0.15, 0.2) is 5.78 Å². The Kier molecular flexibility index (Phi) is 4.99. The van der Waals surface area contributed by atoms with Crippen molar-refractivity contribution in [3.63, 3.8) is 0 Å². The first kappa shape index (κ1) is 15.1. The third-order valence-electron chi connectivity index (χ3n) is 3.24. The molecule has 0 aromatic heterocycles. The summed E-state index contributed by atoms with van der Waals surface area (Å²) in [5.41, 5.74) is 2.45. The number of carbonyl (C=O) groups excluding carboxylic acids is 1. The maximum absolute atomic E-state index is 12.4. The summed E-state index contributed by atoms with van der Waals surface area (Å²) in [5, 5.41) is 0. The predicted octanol–water partition coefficient (Wildman–Crippen LogP) is 3.77. The van der Waals surface area contributed by atoms with E-state index in [4.69, 9.17) is 4.74 Å². The standard InChI is InChI=1S/C18H21NO2/c1-4-13-21-17-11-7-15(8-12-17)18(20)14-5-9-16(10-6-14)19(2)3/h5-12H,4,13H2,1-3H3. The summed E-state index contributed by atoms with van der Waals surface area (Å²) in [7, 11) is 3.96. The molecule has 110 valence electrons. The second kappa shape index (κ2) is 6.93. The van der Waals surface area contributed by atoms with Crippen molar-refractivity contribution in [2.24, 2.45) is 0 Å². The van der Waals surface area contributed by atoms with Crippen molar-refractivity contribution < 1.29 is 9.53 Å². The molecule has 0 amide bonds. The van der Waals surface area contributed by atoms with Crippen molar-refractivity contribution in [3.8, 4) is 5.75 Å². The fourth-order valence-electron chi connectivity index (χ4n) is 2.00. The molecular formula is C18H21NO2. The molecule has 2 aromatic rings. The monoisotopic (exact) mass is 283 g/mol. The van der Waals surface area contributed by atoms with Crippen LogP contribution in [0.2, 0.25) is 0 Å². The van der Waals surface area contributed by atoms with Crippen LogP contribution < -0.4 is 9.64 Å². The molecule has 0 saturated heterocycles. The highest BCUT2D eigenvalue weighted by molar-refractivity contribution is 6.09. The lowest BCUT2D eigenvalue weighted by molar-refractivity contribution is 0.103. The average molecular weight is 283 g/mol.